The molecule has 1 heteroatoms. The third-order valence-electron chi connectivity index (χ3n) is 3.03. The first kappa shape index (κ1) is 10.2. The fourth-order valence-corrected chi connectivity index (χ4v) is 2.03. The molecule has 0 amide bonds. The summed E-state index contributed by atoms with van der Waals surface area (Å²) in [7, 11) is 0. The van der Waals surface area contributed by atoms with E-state index in [0.29, 0.717) is 0 Å². The normalized spacial score (nSPS) is 17.4. The molecule has 2 aromatic rings. The molecule has 2 aromatic carbocycles. The van der Waals surface area contributed by atoms with Gasteiger partial charge in [0, 0.05) is 5.56 Å². The number of hydrogen-bond donors (Lipinski definition) is 0. The van der Waals surface area contributed by atoms with E-state index in [1.54, 1.807) is 0 Å². The molecule has 1 aliphatic heterocycles. The lowest BCUT2D eigenvalue weighted by Gasteiger charge is -2.21. The van der Waals surface area contributed by atoms with E-state index in [-0.39, 0.29) is 6.10 Å². The Morgan fingerprint density at radius 3 is 2.53 bits per heavy atom. The maximum absolute atomic E-state index is 5.97. The van der Waals surface area contributed by atoms with Crippen molar-refractivity contribution in [1.29, 1.82) is 0 Å². The van der Waals surface area contributed by atoms with Gasteiger partial charge < -0.3 is 4.74 Å². The summed E-state index contributed by atoms with van der Waals surface area (Å²) < 4.78 is 5.97. The van der Waals surface area contributed by atoms with Crippen LogP contribution in [-0.2, 0) is 0 Å². The molecular formula is C16H14O. The lowest BCUT2D eigenvalue weighted by Crippen LogP contribution is -2.08. The van der Waals surface area contributed by atoms with Crippen molar-refractivity contribution in [2.24, 2.45) is 0 Å². The van der Waals surface area contributed by atoms with Gasteiger partial charge >= 0.3 is 0 Å². The van der Waals surface area contributed by atoms with Gasteiger partial charge in [-0.3, -0.25) is 0 Å². The SMILES string of the molecule is Cc1ccc(C2C=Cc3ccccc3O2)cc1. The second-order valence-electron chi connectivity index (χ2n) is 4.35. The predicted molar refractivity (Wildman–Crippen MR) is 70.0 cm³/mol. The Hall–Kier alpha value is -2.02. The molecule has 0 saturated carbocycles. The molecule has 0 aromatic heterocycles. The fraction of sp³-hybridized carbons (Fsp3) is 0.125. The lowest BCUT2D eigenvalue weighted by molar-refractivity contribution is 0.252. The number of fused-ring (bicyclic) bond motifs is 1. The molecule has 1 unspecified atom stereocenters. The van der Waals surface area contributed by atoms with Crippen molar-refractivity contribution in [2.75, 3.05) is 0 Å². The number of para-hydroxylation sites is 1. The topological polar surface area (TPSA) is 9.23 Å². The van der Waals surface area contributed by atoms with E-state index < -0.39 is 0 Å². The monoisotopic (exact) mass is 222 g/mol. The number of benzene rings is 2. The smallest absolute Gasteiger partial charge is 0.142 e. The Morgan fingerprint density at radius 1 is 0.941 bits per heavy atom. The van der Waals surface area contributed by atoms with Crippen LogP contribution in [0, 0.1) is 6.92 Å². The standard InChI is InChI=1S/C16H14O/c1-12-6-8-14(9-7-12)16-11-10-13-4-2-3-5-15(13)17-16/h2-11,16H,1H3. The zero-order valence-corrected chi connectivity index (χ0v) is 9.76. The largest absolute Gasteiger partial charge is 0.481 e. The second kappa shape index (κ2) is 4.10. The van der Waals surface area contributed by atoms with Crippen LogP contribution in [0.15, 0.2) is 54.6 Å². The molecule has 0 aliphatic carbocycles. The van der Waals surface area contributed by atoms with Crippen LogP contribution >= 0.6 is 0 Å². The summed E-state index contributed by atoms with van der Waals surface area (Å²) in [4.78, 5) is 0. The highest BCUT2D eigenvalue weighted by molar-refractivity contribution is 5.60. The van der Waals surface area contributed by atoms with Gasteiger partial charge in [-0.1, -0.05) is 54.1 Å². The number of ether oxygens (including phenoxy) is 1. The minimum Gasteiger partial charge on any atom is -0.481 e. The van der Waals surface area contributed by atoms with Gasteiger partial charge in [-0.2, -0.15) is 0 Å². The molecule has 0 fully saturated rings. The van der Waals surface area contributed by atoms with Gasteiger partial charge in [0.2, 0.25) is 0 Å². The molecular weight excluding hydrogens is 208 g/mol. The molecule has 1 nitrogen and oxygen atoms in total. The lowest BCUT2D eigenvalue weighted by atomic mass is 10.0. The zero-order valence-electron chi connectivity index (χ0n) is 9.76. The Kier molecular flexibility index (Phi) is 2.45. The molecule has 3 rings (SSSR count). The van der Waals surface area contributed by atoms with Crippen molar-refractivity contribution < 1.29 is 4.74 Å². The minimum absolute atomic E-state index is 0.0329. The molecule has 0 saturated heterocycles. The molecule has 17 heavy (non-hydrogen) atoms. The van der Waals surface area contributed by atoms with Gasteiger partial charge in [-0.25, -0.2) is 0 Å². The van der Waals surface area contributed by atoms with E-state index in [0.717, 1.165) is 11.3 Å². The fourth-order valence-electron chi connectivity index (χ4n) is 2.03. The van der Waals surface area contributed by atoms with Gasteiger partial charge in [0.15, 0.2) is 0 Å². The van der Waals surface area contributed by atoms with Crippen LogP contribution in [0.5, 0.6) is 5.75 Å². The third-order valence-corrected chi connectivity index (χ3v) is 3.03. The van der Waals surface area contributed by atoms with Gasteiger partial charge in [-0.15, -0.1) is 0 Å². The summed E-state index contributed by atoms with van der Waals surface area (Å²) in [5.74, 6) is 0.959. The van der Waals surface area contributed by atoms with Crippen molar-refractivity contribution in [2.45, 2.75) is 13.0 Å². The Morgan fingerprint density at radius 2 is 1.71 bits per heavy atom. The number of aryl methyl sites for hydroxylation is 1. The first-order valence-electron chi connectivity index (χ1n) is 5.83. The van der Waals surface area contributed by atoms with Crippen LogP contribution in [-0.4, -0.2) is 0 Å². The highest BCUT2D eigenvalue weighted by atomic mass is 16.5. The summed E-state index contributed by atoms with van der Waals surface area (Å²) in [5, 5.41) is 0. The molecule has 0 radical (unpaired) electrons. The summed E-state index contributed by atoms with van der Waals surface area (Å²) in [6, 6.07) is 16.6. The first-order chi connectivity index (χ1) is 8.33. The highest BCUT2D eigenvalue weighted by Gasteiger charge is 2.15. The Labute approximate surface area is 101 Å². The quantitative estimate of drug-likeness (QED) is 0.704. The molecule has 1 aliphatic rings. The zero-order chi connectivity index (χ0) is 11.7. The molecule has 0 bridgehead atoms. The van der Waals surface area contributed by atoms with Gasteiger partial charge in [0.1, 0.15) is 11.9 Å². The molecule has 1 heterocycles. The van der Waals surface area contributed by atoms with E-state index in [1.165, 1.54) is 11.1 Å². The molecule has 1 atom stereocenters. The van der Waals surface area contributed by atoms with E-state index in [2.05, 4.69) is 49.4 Å². The van der Waals surface area contributed by atoms with Gasteiger partial charge in [0.05, 0.1) is 0 Å². The summed E-state index contributed by atoms with van der Waals surface area (Å²) >= 11 is 0. The Bertz CT molecular complexity index is 552. The molecule has 0 N–H and O–H groups in total. The van der Waals surface area contributed by atoms with Gasteiger partial charge in [-0.05, 0) is 24.6 Å². The predicted octanol–water partition coefficient (Wildman–Crippen LogP) is 4.14. The van der Waals surface area contributed by atoms with Crippen LogP contribution in [0.25, 0.3) is 6.08 Å². The average Bonchev–Trinajstić information content (AvgIpc) is 2.39. The molecule has 84 valence electrons. The van der Waals surface area contributed by atoms with Crippen molar-refractivity contribution >= 4 is 6.08 Å². The van der Waals surface area contributed by atoms with E-state index >= 15 is 0 Å². The maximum Gasteiger partial charge on any atom is 0.142 e. The number of rotatable bonds is 1. The molecule has 0 spiro atoms. The summed E-state index contributed by atoms with van der Waals surface area (Å²) in [6.07, 6.45) is 4.27. The van der Waals surface area contributed by atoms with Crippen LogP contribution in [0.3, 0.4) is 0 Å². The summed E-state index contributed by atoms with van der Waals surface area (Å²) in [6.45, 7) is 2.09. The highest BCUT2D eigenvalue weighted by Crippen LogP contribution is 2.32. The van der Waals surface area contributed by atoms with Crippen molar-refractivity contribution in [3.05, 3.63) is 71.3 Å². The van der Waals surface area contributed by atoms with Crippen LogP contribution in [0.4, 0.5) is 0 Å². The maximum atomic E-state index is 5.97. The number of hydrogen-bond acceptors (Lipinski definition) is 1. The first-order valence-corrected chi connectivity index (χ1v) is 5.83. The van der Waals surface area contributed by atoms with Crippen LogP contribution < -0.4 is 4.74 Å². The van der Waals surface area contributed by atoms with Crippen molar-refractivity contribution in [1.82, 2.24) is 0 Å². The van der Waals surface area contributed by atoms with Crippen LogP contribution in [0.1, 0.15) is 22.8 Å². The second-order valence-corrected chi connectivity index (χ2v) is 4.35. The van der Waals surface area contributed by atoms with E-state index in [4.69, 9.17) is 4.74 Å². The minimum atomic E-state index is 0.0329. The van der Waals surface area contributed by atoms with E-state index in [1.807, 2.05) is 18.2 Å². The van der Waals surface area contributed by atoms with Crippen molar-refractivity contribution in [3.63, 3.8) is 0 Å². The average molecular weight is 222 g/mol. The van der Waals surface area contributed by atoms with Crippen LogP contribution in [0.2, 0.25) is 0 Å². The third kappa shape index (κ3) is 1.96. The Balaban J connectivity index is 1.92. The van der Waals surface area contributed by atoms with E-state index in [9.17, 15) is 0 Å². The summed E-state index contributed by atoms with van der Waals surface area (Å²) in [5.41, 5.74) is 3.62. The van der Waals surface area contributed by atoms with Crippen molar-refractivity contribution in [3.8, 4) is 5.75 Å². The van der Waals surface area contributed by atoms with Gasteiger partial charge in [0.25, 0.3) is 0 Å².